The minimum Gasteiger partial charge on any atom is -0.361 e. The van der Waals surface area contributed by atoms with Crippen LogP contribution >= 0.6 is 0 Å². The van der Waals surface area contributed by atoms with E-state index in [-0.39, 0.29) is 0 Å². The van der Waals surface area contributed by atoms with Gasteiger partial charge in [0.05, 0.1) is 5.69 Å². The summed E-state index contributed by atoms with van der Waals surface area (Å²) in [5.74, 6) is 0. The molecule has 5 heteroatoms. The molecule has 0 atom stereocenters. The molecule has 0 radical (unpaired) electrons. The molecule has 0 saturated carbocycles. The van der Waals surface area contributed by atoms with E-state index >= 15 is 0 Å². The molecule has 0 fully saturated rings. The fraction of sp³-hybridized carbons (Fsp3) is 0. The molecule has 1 aliphatic heterocycles. The molecule has 1 heterocycles. The molecule has 1 aromatic rings. The molecule has 2 aliphatic rings. The van der Waals surface area contributed by atoms with Crippen LogP contribution in [0.1, 0.15) is 0 Å². The van der Waals surface area contributed by atoms with Crippen molar-refractivity contribution in [2.24, 2.45) is 16.0 Å². The van der Waals surface area contributed by atoms with Crippen molar-refractivity contribution in [1.82, 2.24) is 4.98 Å². The molecule has 5 nitrogen and oxygen atoms in total. The Bertz CT molecular complexity index is 729. The normalized spacial score (nSPS) is 11.6. The molecular weight excluding hydrogens is 228 g/mol. The summed E-state index contributed by atoms with van der Waals surface area (Å²) in [6, 6.07) is 10.8. The van der Waals surface area contributed by atoms with Crippen LogP contribution in [0.5, 0.6) is 0 Å². The monoisotopic (exact) mass is 238 g/mol. The molecular formula is C13H10N4O. The summed E-state index contributed by atoms with van der Waals surface area (Å²) in [4.78, 5) is 13.9. The number of nitrogens with zero attached hydrogens (tertiary/aromatic N) is 2. The second-order valence-corrected chi connectivity index (χ2v) is 3.89. The number of hydrogen-bond donors (Lipinski definition) is 2. The summed E-state index contributed by atoms with van der Waals surface area (Å²) in [6.45, 7) is 0. The van der Waals surface area contributed by atoms with Crippen LogP contribution in [0.25, 0.3) is 22.0 Å². The highest BCUT2D eigenvalue weighted by Gasteiger charge is 2.16. The van der Waals surface area contributed by atoms with E-state index in [1.165, 1.54) is 0 Å². The van der Waals surface area contributed by atoms with Gasteiger partial charge in [-0.2, -0.15) is 0 Å². The van der Waals surface area contributed by atoms with Gasteiger partial charge in [-0.25, -0.2) is 4.79 Å². The van der Waals surface area contributed by atoms with E-state index in [9.17, 15) is 4.79 Å². The SMILES string of the molecule is NC(=O)N=Nc1c2ccc[nH]c-2c2ccccc12. The summed E-state index contributed by atoms with van der Waals surface area (Å²) >= 11 is 0. The van der Waals surface area contributed by atoms with Crippen molar-refractivity contribution < 1.29 is 4.79 Å². The lowest BCUT2D eigenvalue weighted by molar-refractivity contribution is 0.255. The standard InChI is InChI=1S/C13H10N4O/c14-13(18)17-16-12-9-5-2-1-4-8(9)11-10(12)6-3-7-15-11/h1-7,15H,(H2,14,18). The first-order valence-corrected chi connectivity index (χ1v) is 5.46. The molecule has 3 N–H and O–H groups in total. The minimum absolute atomic E-state index is 0.663. The van der Waals surface area contributed by atoms with E-state index in [1.54, 1.807) is 0 Å². The van der Waals surface area contributed by atoms with Gasteiger partial charge in [-0.05, 0) is 12.1 Å². The third-order valence-electron chi connectivity index (χ3n) is 2.81. The van der Waals surface area contributed by atoms with Gasteiger partial charge in [0.25, 0.3) is 0 Å². The number of azo groups is 1. The number of fused-ring (bicyclic) bond motifs is 3. The van der Waals surface area contributed by atoms with E-state index in [4.69, 9.17) is 5.73 Å². The van der Waals surface area contributed by atoms with Crippen LogP contribution in [-0.4, -0.2) is 11.0 Å². The average Bonchev–Trinajstić information content (AvgIpc) is 2.71. The topological polar surface area (TPSA) is 83.6 Å². The Morgan fingerprint density at radius 3 is 2.67 bits per heavy atom. The Labute approximate surface area is 103 Å². The van der Waals surface area contributed by atoms with Gasteiger partial charge in [0, 0.05) is 22.5 Å². The highest BCUT2D eigenvalue weighted by molar-refractivity contribution is 6.10. The molecule has 0 aromatic heterocycles. The Kier molecular flexibility index (Phi) is 2.30. The number of carbonyl (C=O) groups is 1. The number of aromatic nitrogens is 1. The van der Waals surface area contributed by atoms with Crippen molar-refractivity contribution in [3.8, 4) is 11.3 Å². The maximum atomic E-state index is 10.7. The number of urea groups is 1. The number of pyridine rings is 1. The maximum Gasteiger partial charge on any atom is 0.356 e. The van der Waals surface area contributed by atoms with Crippen molar-refractivity contribution in [2.45, 2.75) is 0 Å². The number of amides is 2. The Hall–Kier alpha value is -2.69. The quantitative estimate of drug-likeness (QED) is 0.625. The molecule has 88 valence electrons. The molecule has 0 spiro atoms. The van der Waals surface area contributed by atoms with Gasteiger partial charge >= 0.3 is 6.03 Å². The number of primary amides is 1. The molecule has 1 aliphatic carbocycles. The number of nitrogens with two attached hydrogens (primary N) is 1. The number of rotatable bonds is 1. The van der Waals surface area contributed by atoms with Gasteiger partial charge in [-0.15, -0.1) is 5.11 Å². The first kappa shape index (κ1) is 10.5. The summed E-state index contributed by atoms with van der Waals surface area (Å²) in [5.41, 5.74) is 7.55. The molecule has 0 bridgehead atoms. The number of H-pyrrole nitrogens is 1. The number of carbonyl (C=O) groups excluding carboxylic acids is 1. The summed E-state index contributed by atoms with van der Waals surface area (Å²) in [6.07, 6.45) is 1.85. The molecule has 18 heavy (non-hydrogen) atoms. The molecule has 3 rings (SSSR count). The Balaban J connectivity index is 2.36. The molecule has 0 unspecified atom stereocenters. The zero-order valence-electron chi connectivity index (χ0n) is 9.42. The van der Waals surface area contributed by atoms with Gasteiger partial charge in [-0.1, -0.05) is 29.4 Å². The Morgan fingerprint density at radius 1 is 1.11 bits per heavy atom. The van der Waals surface area contributed by atoms with Crippen LogP contribution in [0.15, 0.2) is 52.8 Å². The fourth-order valence-electron chi connectivity index (χ4n) is 2.12. The lowest BCUT2D eigenvalue weighted by Crippen LogP contribution is -2.01. The van der Waals surface area contributed by atoms with E-state index in [1.807, 2.05) is 42.6 Å². The average molecular weight is 238 g/mol. The zero-order chi connectivity index (χ0) is 12.5. The molecule has 1 aromatic carbocycles. The lowest BCUT2D eigenvalue weighted by Gasteiger charge is -1.98. The first-order chi connectivity index (χ1) is 8.77. The van der Waals surface area contributed by atoms with E-state index in [0.717, 1.165) is 22.0 Å². The van der Waals surface area contributed by atoms with Crippen molar-refractivity contribution in [1.29, 1.82) is 0 Å². The van der Waals surface area contributed by atoms with Crippen LogP contribution in [0.3, 0.4) is 0 Å². The zero-order valence-corrected chi connectivity index (χ0v) is 9.42. The van der Waals surface area contributed by atoms with E-state index in [0.29, 0.717) is 5.69 Å². The summed E-state index contributed by atoms with van der Waals surface area (Å²) < 4.78 is 0. The lowest BCUT2D eigenvalue weighted by atomic mass is 10.2. The van der Waals surface area contributed by atoms with Crippen molar-refractivity contribution in [3.05, 3.63) is 42.6 Å². The molecule has 0 saturated heterocycles. The minimum atomic E-state index is -0.798. The number of nitrogens with one attached hydrogen (secondary N) is 1. The Morgan fingerprint density at radius 2 is 1.89 bits per heavy atom. The largest absolute Gasteiger partial charge is 0.361 e. The second kappa shape index (κ2) is 3.96. The predicted octanol–water partition coefficient (Wildman–Crippen LogP) is 3.44. The van der Waals surface area contributed by atoms with Crippen LogP contribution in [0, 0.1) is 0 Å². The number of benzene rings is 1. The molecule has 2 amide bonds. The predicted molar refractivity (Wildman–Crippen MR) is 69.0 cm³/mol. The second-order valence-electron chi connectivity index (χ2n) is 3.89. The number of hydrogen-bond acceptors (Lipinski definition) is 2. The summed E-state index contributed by atoms with van der Waals surface area (Å²) in [5, 5.41) is 9.36. The van der Waals surface area contributed by atoms with Crippen LogP contribution in [-0.2, 0) is 0 Å². The van der Waals surface area contributed by atoms with Crippen molar-refractivity contribution in [2.75, 3.05) is 0 Å². The van der Waals surface area contributed by atoms with Gasteiger partial charge in [0.15, 0.2) is 0 Å². The highest BCUT2D eigenvalue weighted by atomic mass is 16.2. The fourth-order valence-corrected chi connectivity index (χ4v) is 2.12. The summed E-state index contributed by atoms with van der Waals surface area (Å²) in [7, 11) is 0. The van der Waals surface area contributed by atoms with Crippen molar-refractivity contribution in [3.63, 3.8) is 0 Å². The highest BCUT2D eigenvalue weighted by Crippen LogP contribution is 2.43. The van der Waals surface area contributed by atoms with Crippen LogP contribution < -0.4 is 5.73 Å². The smallest absolute Gasteiger partial charge is 0.356 e. The van der Waals surface area contributed by atoms with E-state index < -0.39 is 6.03 Å². The van der Waals surface area contributed by atoms with E-state index in [2.05, 4.69) is 15.2 Å². The van der Waals surface area contributed by atoms with Crippen LogP contribution in [0.4, 0.5) is 10.5 Å². The van der Waals surface area contributed by atoms with Gasteiger partial charge in [0.1, 0.15) is 5.69 Å². The van der Waals surface area contributed by atoms with Gasteiger partial charge in [-0.3, -0.25) is 0 Å². The van der Waals surface area contributed by atoms with Crippen LogP contribution in [0.2, 0.25) is 0 Å². The first-order valence-electron chi connectivity index (χ1n) is 5.46. The van der Waals surface area contributed by atoms with Gasteiger partial charge < -0.3 is 10.7 Å². The third-order valence-corrected chi connectivity index (χ3v) is 2.81. The van der Waals surface area contributed by atoms with Crippen molar-refractivity contribution >= 4 is 22.5 Å². The van der Waals surface area contributed by atoms with Gasteiger partial charge in [0.2, 0.25) is 0 Å². The number of aromatic amines is 1. The maximum absolute atomic E-state index is 10.7. The third kappa shape index (κ3) is 1.53.